The number of furan rings is 1. The molecule has 1 spiro atoms. The predicted molar refractivity (Wildman–Crippen MR) is 179 cm³/mol. The Kier molecular flexibility index (Phi) is 8.27. The fraction of sp³-hybridized carbons (Fsp3) is 0.361. The summed E-state index contributed by atoms with van der Waals surface area (Å²) in [5.74, 6) is 5.09. The second-order valence-corrected chi connectivity index (χ2v) is 12.6. The number of methoxy groups -OCH3 is 1. The van der Waals surface area contributed by atoms with Crippen LogP contribution >= 0.6 is 0 Å². The number of rotatable bonds is 7. The van der Waals surface area contributed by atoms with E-state index in [4.69, 9.17) is 23.4 Å². The van der Waals surface area contributed by atoms with Gasteiger partial charge < -0.3 is 38.3 Å². The molecule has 8 rings (SSSR count). The minimum atomic E-state index is -2.99. The van der Waals surface area contributed by atoms with Crippen LogP contribution in [0.3, 0.4) is 0 Å². The summed E-state index contributed by atoms with van der Waals surface area (Å²) in [6, 6.07) is 11.0. The largest absolute Gasteiger partial charge is 0.481 e. The minimum Gasteiger partial charge on any atom is -0.481 e. The fourth-order valence-corrected chi connectivity index (χ4v) is 6.82. The van der Waals surface area contributed by atoms with Crippen molar-refractivity contribution in [2.75, 3.05) is 49.8 Å². The van der Waals surface area contributed by atoms with Gasteiger partial charge in [0.1, 0.15) is 34.5 Å². The van der Waals surface area contributed by atoms with Crippen molar-refractivity contribution in [3.05, 3.63) is 71.8 Å². The van der Waals surface area contributed by atoms with Gasteiger partial charge in [-0.2, -0.15) is 0 Å². The summed E-state index contributed by atoms with van der Waals surface area (Å²) in [7, 11) is 1.54. The first-order chi connectivity index (χ1) is 24.7. The number of alkyl halides is 2. The first-order valence-corrected chi connectivity index (χ1v) is 16.4. The van der Waals surface area contributed by atoms with Crippen molar-refractivity contribution in [1.82, 2.24) is 19.9 Å². The summed E-state index contributed by atoms with van der Waals surface area (Å²) < 4.78 is 57.5. The lowest BCUT2D eigenvalue weighted by atomic mass is 9.90. The van der Waals surface area contributed by atoms with Gasteiger partial charge in [-0.25, -0.2) is 33.5 Å². The number of pyridine rings is 2. The number of halogens is 2. The zero-order valence-corrected chi connectivity index (χ0v) is 27.6. The molecule has 3 saturated heterocycles. The van der Waals surface area contributed by atoms with Crippen LogP contribution in [0, 0.1) is 11.8 Å². The standard InChI is InChI=1S/C36H32F2N6O7/c1-20-36(18-48-19-36)49-12-11-43(20)25-13-22(8-7-21-9-10-28(47-2)39-15-21)16-40-34(25)50-23-14-26(35(45)46)44(17-23)33-30-29(41-32(42-33)31(37)38)24-5-3-4-6-27(24)51-30/h3-6,9-10,13,15-16,20,23,26,31H,11-12,14,17-19H2,1-2H3,(H,45,46)/t20-,23-,26-/m0/s1. The molecule has 4 aromatic heterocycles. The van der Waals surface area contributed by atoms with Crippen LogP contribution in [-0.4, -0.2) is 94.8 Å². The Labute approximate surface area is 290 Å². The van der Waals surface area contributed by atoms with E-state index in [1.165, 1.54) is 4.90 Å². The first kappa shape index (κ1) is 32.6. The van der Waals surface area contributed by atoms with Gasteiger partial charge in [-0.1, -0.05) is 24.0 Å². The molecule has 0 unspecified atom stereocenters. The van der Waals surface area contributed by atoms with Crippen molar-refractivity contribution in [3.8, 4) is 23.6 Å². The van der Waals surface area contributed by atoms with Gasteiger partial charge in [0.25, 0.3) is 6.43 Å². The third-order valence-electron chi connectivity index (χ3n) is 9.59. The van der Waals surface area contributed by atoms with Crippen LogP contribution in [0.25, 0.3) is 22.1 Å². The summed E-state index contributed by atoms with van der Waals surface area (Å²) in [4.78, 5) is 33.3. The van der Waals surface area contributed by atoms with Crippen molar-refractivity contribution in [3.63, 3.8) is 0 Å². The highest BCUT2D eigenvalue weighted by atomic mass is 19.3. The lowest BCUT2D eigenvalue weighted by Gasteiger charge is -2.53. The first-order valence-electron chi connectivity index (χ1n) is 16.4. The number of benzene rings is 1. The smallest absolute Gasteiger partial charge is 0.326 e. The number of ether oxygens (including phenoxy) is 4. The summed E-state index contributed by atoms with van der Waals surface area (Å²) >= 11 is 0. The number of morpholine rings is 1. The zero-order valence-electron chi connectivity index (χ0n) is 27.6. The number of aromatic nitrogens is 4. The Bertz CT molecular complexity index is 2180. The Hall–Kier alpha value is -5.59. The number of aliphatic carboxylic acids is 1. The molecule has 51 heavy (non-hydrogen) atoms. The lowest BCUT2D eigenvalue weighted by molar-refractivity contribution is -0.228. The van der Waals surface area contributed by atoms with Gasteiger partial charge in [-0.05, 0) is 31.2 Å². The average Bonchev–Trinajstić information content (AvgIpc) is 3.72. The molecule has 5 aromatic rings. The number of nitrogens with zero attached hydrogens (tertiary/aromatic N) is 6. The summed E-state index contributed by atoms with van der Waals surface area (Å²) in [5.41, 5.74) is 2.20. The van der Waals surface area contributed by atoms with Crippen LogP contribution in [0.5, 0.6) is 11.8 Å². The second-order valence-electron chi connectivity index (χ2n) is 12.6. The highest BCUT2D eigenvalue weighted by molar-refractivity contribution is 6.06. The highest BCUT2D eigenvalue weighted by Crippen LogP contribution is 2.41. The zero-order chi connectivity index (χ0) is 35.3. The van der Waals surface area contributed by atoms with Crippen molar-refractivity contribution in [1.29, 1.82) is 0 Å². The maximum absolute atomic E-state index is 14.1. The topological polar surface area (TPSA) is 145 Å². The molecule has 13 nitrogen and oxygen atoms in total. The molecule has 3 atom stereocenters. The third-order valence-corrected chi connectivity index (χ3v) is 9.59. The number of hydrogen-bond acceptors (Lipinski definition) is 12. The summed E-state index contributed by atoms with van der Waals surface area (Å²) in [6.07, 6.45) is -0.465. The minimum absolute atomic E-state index is 0.00634. The van der Waals surface area contributed by atoms with Crippen molar-refractivity contribution < 1.29 is 42.0 Å². The Morgan fingerprint density at radius 1 is 1.08 bits per heavy atom. The molecule has 3 aliphatic rings. The molecule has 262 valence electrons. The Balaban J connectivity index is 1.15. The van der Waals surface area contributed by atoms with E-state index in [9.17, 15) is 18.7 Å². The van der Waals surface area contributed by atoms with Crippen LogP contribution in [0.15, 0.2) is 59.3 Å². The van der Waals surface area contributed by atoms with Gasteiger partial charge in [0, 0.05) is 47.9 Å². The number of carbonyl (C=O) groups is 1. The predicted octanol–water partition coefficient (Wildman–Crippen LogP) is 4.62. The molecule has 1 N–H and O–H groups in total. The molecule has 0 aliphatic carbocycles. The molecular formula is C36H32F2N6O7. The SMILES string of the molecule is COc1ccc(C#Cc2cnc(O[C@H]3C[C@@H](C(=O)O)N(c4nc(C(F)F)nc5c4oc4ccccc45)C3)c(N3CCOC4(COC4)[C@@H]3C)c2)cn1. The van der Waals surface area contributed by atoms with Gasteiger partial charge in [-0.15, -0.1) is 0 Å². The van der Waals surface area contributed by atoms with Crippen molar-refractivity contribution in [2.24, 2.45) is 0 Å². The lowest BCUT2D eigenvalue weighted by Crippen LogP contribution is -2.68. The average molecular weight is 699 g/mol. The number of carboxylic acid groups (broad SMARTS) is 1. The number of carboxylic acids is 1. The Morgan fingerprint density at radius 3 is 2.61 bits per heavy atom. The molecule has 3 fully saturated rings. The molecule has 0 radical (unpaired) electrons. The molecular weight excluding hydrogens is 666 g/mol. The van der Waals surface area contributed by atoms with Crippen molar-refractivity contribution >= 4 is 39.5 Å². The van der Waals surface area contributed by atoms with E-state index in [1.54, 1.807) is 55.9 Å². The van der Waals surface area contributed by atoms with Gasteiger partial charge >= 0.3 is 5.97 Å². The van der Waals surface area contributed by atoms with Gasteiger partial charge in [0.2, 0.25) is 11.8 Å². The molecule has 1 aromatic carbocycles. The van der Waals surface area contributed by atoms with E-state index in [-0.39, 0.29) is 41.8 Å². The number of hydrogen-bond donors (Lipinski definition) is 1. The number of fused-ring (bicyclic) bond motifs is 3. The third kappa shape index (κ3) is 5.89. The van der Waals surface area contributed by atoms with Gasteiger partial charge in [0.15, 0.2) is 17.2 Å². The highest BCUT2D eigenvalue weighted by Gasteiger charge is 2.50. The number of para-hydroxylation sites is 1. The van der Waals surface area contributed by atoms with Crippen LogP contribution in [0.2, 0.25) is 0 Å². The van der Waals surface area contributed by atoms with E-state index >= 15 is 0 Å². The van der Waals surface area contributed by atoms with E-state index in [2.05, 4.69) is 43.6 Å². The fourth-order valence-electron chi connectivity index (χ4n) is 6.82. The van der Waals surface area contributed by atoms with Crippen LogP contribution in [0.1, 0.15) is 36.7 Å². The van der Waals surface area contributed by atoms with E-state index in [0.29, 0.717) is 60.0 Å². The van der Waals surface area contributed by atoms with Gasteiger partial charge in [-0.3, -0.25) is 0 Å². The normalized spacial score (nSPS) is 21.2. The Morgan fingerprint density at radius 2 is 1.88 bits per heavy atom. The van der Waals surface area contributed by atoms with E-state index < -0.39 is 36.0 Å². The maximum atomic E-state index is 14.1. The molecule has 15 heteroatoms. The van der Waals surface area contributed by atoms with E-state index in [1.807, 2.05) is 6.07 Å². The molecule has 3 aliphatic heterocycles. The van der Waals surface area contributed by atoms with Crippen LogP contribution < -0.4 is 19.3 Å². The summed E-state index contributed by atoms with van der Waals surface area (Å²) in [5, 5.41) is 10.8. The number of anilines is 2. The summed E-state index contributed by atoms with van der Waals surface area (Å²) in [6.45, 7) is 3.95. The molecule has 0 saturated carbocycles. The monoisotopic (exact) mass is 698 g/mol. The maximum Gasteiger partial charge on any atom is 0.326 e. The van der Waals surface area contributed by atoms with Crippen LogP contribution in [0.4, 0.5) is 20.3 Å². The van der Waals surface area contributed by atoms with Crippen molar-refractivity contribution in [2.45, 2.75) is 43.6 Å². The molecule has 7 heterocycles. The van der Waals surface area contributed by atoms with Gasteiger partial charge in [0.05, 0.1) is 39.5 Å². The second kappa shape index (κ2) is 12.9. The quantitative estimate of drug-likeness (QED) is 0.236. The van der Waals surface area contributed by atoms with E-state index in [0.717, 1.165) is 0 Å². The van der Waals surface area contributed by atoms with Crippen LogP contribution in [-0.2, 0) is 14.3 Å². The molecule has 0 bridgehead atoms. The molecule has 0 amide bonds.